The molecule has 2 N–H and O–H groups in total. The fourth-order valence-corrected chi connectivity index (χ4v) is 2.63. The molecule has 1 amide bonds. The van der Waals surface area contributed by atoms with Crippen molar-refractivity contribution in [2.24, 2.45) is 0 Å². The van der Waals surface area contributed by atoms with Crippen LogP contribution in [0.2, 0.25) is 0 Å². The third-order valence-corrected chi connectivity index (χ3v) is 4.06. The molecule has 0 bridgehead atoms. The Kier molecular flexibility index (Phi) is 7.09. The van der Waals surface area contributed by atoms with E-state index in [1.54, 1.807) is 18.3 Å². The quantitative estimate of drug-likeness (QED) is 0.551. The largest absolute Gasteiger partial charge is 0.382 e. The molecule has 6 heteroatoms. The van der Waals surface area contributed by atoms with E-state index < -0.39 is 0 Å². The number of rotatable bonds is 9. The summed E-state index contributed by atoms with van der Waals surface area (Å²) in [6.45, 7) is 3.91. The minimum absolute atomic E-state index is 0.0866. The van der Waals surface area contributed by atoms with Gasteiger partial charge < -0.3 is 15.4 Å². The van der Waals surface area contributed by atoms with Crippen LogP contribution in [0.25, 0.3) is 11.4 Å². The van der Waals surface area contributed by atoms with E-state index in [9.17, 15) is 4.79 Å². The van der Waals surface area contributed by atoms with Crippen molar-refractivity contribution in [3.05, 3.63) is 72.4 Å². The lowest BCUT2D eigenvalue weighted by molar-refractivity contribution is 0.0944. The highest BCUT2D eigenvalue weighted by atomic mass is 16.5. The van der Waals surface area contributed by atoms with E-state index in [1.165, 1.54) is 0 Å². The third kappa shape index (κ3) is 5.62. The number of amides is 1. The molecule has 28 heavy (non-hydrogen) atoms. The Bertz CT molecular complexity index is 883. The van der Waals surface area contributed by atoms with E-state index in [-0.39, 0.29) is 5.91 Å². The highest BCUT2D eigenvalue weighted by molar-refractivity contribution is 5.94. The van der Waals surface area contributed by atoms with Gasteiger partial charge in [0.15, 0.2) is 5.82 Å². The molecule has 0 aliphatic carbocycles. The van der Waals surface area contributed by atoms with Crippen LogP contribution in [-0.4, -0.2) is 35.6 Å². The zero-order chi connectivity index (χ0) is 19.6. The van der Waals surface area contributed by atoms with Gasteiger partial charge in [-0.3, -0.25) is 4.79 Å². The Morgan fingerprint density at radius 2 is 1.82 bits per heavy atom. The standard InChI is InChI=1S/C22H24N4O2/c1-2-28-16-6-14-24-22(27)18-9-11-19(12-10-18)25-20-13-15-23-21(26-20)17-7-4-3-5-8-17/h3-5,7-13,15H,2,6,14,16H2,1H3,(H,24,27)(H,23,25,26). The Labute approximate surface area is 165 Å². The van der Waals surface area contributed by atoms with Gasteiger partial charge in [0, 0.05) is 42.8 Å². The molecule has 3 rings (SSSR count). The van der Waals surface area contributed by atoms with Crippen LogP contribution in [-0.2, 0) is 4.74 Å². The predicted molar refractivity (Wildman–Crippen MR) is 111 cm³/mol. The monoisotopic (exact) mass is 376 g/mol. The van der Waals surface area contributed by atoms with Crippen LogP contribution in [0.4, 0.5) is 11.5 Å². The Hall–Kier alpha value is -3.25. The number of anilines is 2. The van der Waals surface area contributed by atoms with Crippen molar-refractivity contribution in [1.29, 1.82) is 0 Å². The molecule has 0 radical (unpaired) electrons. The fraction of sp³-hybridized carbons (Fsp3) is 0.227. The van der Waals surface area contributed by atoms with E-state index >= 15 is 0 Å². The molecule has 0 saturated heterocycles. The van der Waals surface area contributed by atoms with Gasteiger partial charge in [0.1, 0.15) is 5.82 Å². The van der Waals surface area contributed by atoms with Gasteiger partial charge in [-0.15, -0.1) is 0 Å². The molecule has 0 saturated carbocycles. The van der Waals surface area contributed by atoms with Crippen LogP contribution < -0.4 is 10.6 Å². The highest BCUT2D eigenvalue weighted by Gasteiger charge is 2.06. The maximum atomic E-state index is 12.2. The zero-order valence-corrected chi connectivity index (χ0v) is 15.9. The van der Waals surface area contributed by atoms with E-state index in [0.29, 0.717) is 37.0 Å². The first-order valence-corrected chi connectivity index (χ1v) is 9.38. The topological polar surface area (TPSA) is 76.1 Å². The molecule has 0 spiro atoms. The number of hydrogen-bond acceptors (Lipinski definition) is 5. The van der Waals surface area contributed by atoms with Crippen LogP contribution in [0.5, 0.6) is 0 Å². The van der Waals surface area contributed by atoms with Crippen molar-refractivity contribution in [3.63, 3.8) is 0 Å². The van der Waals surface area contributed by atoms with Gasteiger partial charge in [-0.2, -0.15) is 0 Å². The lowest BCUT2D eigenvalue weighted by Gasteiger charge is -2.09. The van der Waals surface area contributed by atoms with Gasteiger partial charge in [-0.1, -0.05) is 30.3 Å². The molecule has 3 aromatic rings. The van der Waals surface area contributed by atoms with Gasteiger partial charge in [0.05, 0.1) is 0 Å². The number of nitrogens with zero attached hydrogens (tertiary/aromatic N) is 2. The molecule has 0 aliphatic heterocycles. The average Bonchev–Trinajstić information content (AvgIpc) is 2.75. The maximum absolute atomic E-state index is 12.2. The summed E-state index contributed by atoms with van der Waals surface area (Å²) in [4.78, 5) is 21.0. The first kappa shape index (κ1) is 19.5. The average molecular weight is 376 g/mol. The SMILES string of the molecule is CCOCCCNC(=O)c1ccc(Nc2ccnc(-c3ccccc3)n2)cc1. The van der Waals surface area contributed by atoms with Crippen LogP contribution in [0.1, 0.15) is 23.7 Å². The van der Waals surface area contributed by atoms with E-state index in [0.717, 1.165) is 17.7 Å². The Morgan fingerprint density at radius 3 is 2.57 bits per heavy atom. The van der Waals surface area contributed by atoms with Crippen LogP contribution >= 0.6 is 0 Å². The van der Waals surface area contributed by atoms with Crippen molar-refractivity contribution in [1.82, 2.24) is 15.3 Å². The maximum Gasteiger partial charge on any atom is 0.251 e. The number of carbonyl (C=O) groups is 1. The summed E-state index contributed by atoms with van der Waals surface area (Å²) in [6.07, 6.45) is 2.53. The summed E-state index contributed by atoms with van der Waals surface area (Å²) in [6, 6.07) is 18.9. The molecule has 0 fully saturated rings. The lowest BCUT2D eigenvalue weighted by atomic mass is 10.2. The molecule has 144 valence electrons. The second-order valence-corrected chi connectivity index (χ2v) is 6.14. The number of carbonyl (C=O) groups excluding carboxylic acids is 1. The van der Waals surface area contributed by atoms with Gasteiger partial charge >= 0.3 is 0 Å². The minimum Gasteiger partial charge on any atom is -0.382 e. The van der Waals surface area contributed by atoms with Crippen molar-refractivity contribution in [2.75, 3.05) is 25.1 Å². The summed E-state index contributed by atoms with van der Waals surface area (Å²) in [5, 5.41) is 6.14. The third-order valence-electron chi connectivity index (χ3n) is 4.06. The summed E-state index contributed by atoms with van der Waals surface area (Å²) in [7, 11) is 0. The Morgan fingerprint density at radius 1 is 1.04 bits per heavy atom. The second-order valence-electron chi connectivity index (χ2n) is 6.14. The first-order valence-electron chi connectivity index (χ1n) is 9.38. The summed E-state index contributed by atoms with van der Waals surface area (Å²) < 4.78 is 5.26. The number of ether oxygens (including phenoxy) is 1. The van der Waals surface area contributed by atoms with E-state index in [2.05, 4.69) is 20.6 Å². The van der Waals surface area contributed by atoms with E-state index in [1.807, 2.05) is 55.5 Å². The normalized spacial score (nSPS) is 10.5. The van der Waals surface area contributed by atoms with Gasteiger partial charge in [-0.05, 0) is 43.7 Å². The number of nitrogens with one attached hydrogen (secondary N) is 2. The van der Waals surface area contributed by atoms with E-state index in [4.69, 9.17) is 4.74 Å². The van der Waals surface area contributed by atoms with Crippen molar-refractivity contribution >= 4 is 17.4 Å². The summed E-state index contributed by atoms with van der Waals surface area (Å²) in [5.74, 6) is 1.27. The first-order chi connectivity index (χ1) is 13.8. The molecule has 0 atom stereocenters. The molecule has 0 aliphatic rings. The second kappa shape index (κ2) is 10.2. The number of aromatic nitrogens is 2. The van der Waals surface area contributed by atoms with Gasteiger partial charge in [-0.25, -0.2) is 9.97 Å². The van der Waals surface area contributed by atoms with Crippen molar-refractivity contribution in [3.8, 4) is 11.4 Å². The lowest BCUT2D eigenvalue weighted by Crippen LogP contribution is -2.25. The molecule has 6 nitrogen and oxygen atoms in total. The number of hydrogen-bond donors (Lipinski definition) is 2. The summed E-state index contributed by atoms with van der Waals surface area (Å²) in [5.41, 5.74) is 2.43. The minimum atomic E-state index is -0.0866. The molecule has 0 unspecified atom stereocenters. The zero-order valence-electron chi connectivity index (χ0n) is 15.9. The molecule has 1 aromatic heterocycles. The predicted octanol–water partition coefficient (Wildman–Crippen LogP) is 4.04. The van der Waals surface area contributed by atoms with Gasteiger partial charge in [0.2, 0.25) is 0 Å². The molecule has 2 aromatic carbocycles. The molecule has 1 heterocycles. The van der Waals surface area contributed by atoms with Crippen LogP contribution in [0, 0.1) is 0 Å². The van der Waals surface area contributed by atoms with Crippen molar-refractivity contribution in [2.45, 2.75) is 13.3 Å². The Balaban J connectivity index is 1.58. The fourth-order valence-electron chi connectivity index (χ4n) is 2.63. The summed E-state index contributed by atoms with van der Waals surface area (Å²) >= 11 is 0. The highest BCUT2D eigenvalue weighted by Crippen LogP contribution is 2.19. The number of benzene rings is 2. The smallest absolute Gasteiger partial charge is 0.251 e. The van der Waals surface area contributed by atoms with Crippen molar-refractivity contribution < 1.29 is 9.53 Å². The molecular weight excluding hydrogens is 352 g/mol. The molecular formula is C22H24N4O2. The van der Waals surface area contributed by atoms with Crippen LogP contribution in [0.3, 0.4) is 0 Å². The van der Waals surface area contributed by atoms with Gasteiger partial charge in [0.25, 0.3) is 5.91 Å². The van der Waals surface area contributed by atoms with Crippen LogP contribution in [0.15, 0.2) is 66.9 Å².